The van der Waals surface area contributed by atoms with Crippen molar-refractivity contribution >= 4 is 0 Å². The van der Waals surface area contributed by atoms with Gasteiger partial charge in [-0.25, -0.2) is 0 Å². The Kier molecular flexibility index (Phi) is 3.08. The molecule has 2 fully saturated rings. The van der Waals surface area contributed by atoms with Crippen molar-refractivity contribution < 1.29 is 5.11 Å². The largest absolute Gasteiger partial charge is 0.389 e. The number of aliphatic hydroxyl groups is 1. The van der Waals surface area contributed by atoms with E-state index in [1.807, 2.05) is 0 Å². The maximum atomic E-state index is 11.2. The fraction of sp³-hybridized carbons (Fsp3) is 0.714. The summed E-state index contributed by atoms with van der Waals surface area (Å²) in [4.78, 5) is 0. The van der Waals surface area contributed by atoms with Crippen LogP contribution >= 0.6 is 0 Å². The van der Waals surface area contributed by atoms with E-state index < -0.39 is 5.60 Å². The Morgan fingerprint density at radius 2 is 1.95 bits per heavy atom. The summed E-state index contributed by atoms with van der Waals surface area (Å²) in [6.07, 6.45) is 18.6. The van der Waals surface area contributed by atoms with Gasteiger partial charge in [-0.2, -0.15) is 0 Å². The normalized spacial score (nSPS) is 52.7. The van der Waals surface area contributed by atoms with Gasteiger partial charge in [0, 0.05) is 0 Å². The van der Waals surface area contributed by atoms with Crippen LogP contribution in [0.25, 0.3) is 0 Å². The summed E-state index contributed by atoms with van der Waals surface area (Å²) in [5.41, 5.74) is 1.54. The van der Waals surface area contributed by atoms with E-state index in [1.165, 1.54) is 31.3 Å². The molecule has 22 heavy (non-hydrogen) atoms. The van der Waals surface area contributed by atoms with E-state index in [1.54, 1.807) is 0 Å². The first-order chi connectivity index (χ1) is 10.4. The summed E-state index contributed by atoms with van der Waals surface area (Å²) >= 11 is 0. The van der Waals surface area contributed by atoms with Crippen LogP contribution in [0.15, 0.2) is 36.0 Å². The van der Waals surface area contributed by atoms with Gasteiger partial charge in [-0.05, 0) is 72.7 Å². The molecule has 0 bridgehead atoms. The van der Waals surface area contributed by atoms with Crippen LogP contribution in [0.3, 0.4) is 0 Å². The summed E-state index contributed by atoms with van der Waals surface area (Å²) in [6, 6.07) is 0. The zero-order valence-electron chi connectivity index (χ0n) is 14.3. The zero-order chi connectivity index (χ0) is 15.6. The minimum absolute atomic E-state index is 0.120. The molecular weight excluding hydrogens is 268 g/mol. The predicted octanol–water partition coefficient (Wildman–Crippen LogP) is 5.03. The maximum Gasteiger partial charge on any atom is 0.0701 e. The summed E-state index contributed by atoms with van der Waals surface area (Å²) in [5.74, 6) is 2.08. The lowest BCUT2D eigenvalue weighted by molar-refractivity contribution is -0.113. The fourth-order valence-corrected chi connectivity index (χ4v) is 6.52. The van der Waals surface area contributed by atoms with Crippen molar-refractivity contribution in [3.05, 3.63) is 36.0 Å². The second-order valence-corrected chi connectivity index (χ2v) is 8.70. The van der Waals surface area contributed by atoms with Crippen LogP contribution in [0.5, 0.6) is 0 Å². The predicted molar refractivity (Wildman–Crippen MR) is 91.4 cm³/mol. The number of hydrogen-bond donors (Lipinski definition) is 1. The van der Waals surface area contributed by atoms with Crippen LogP contribution in [-0.2, 0) is 0 Å². The Labute approximate surface area is 135 Å². The number of rotatable bonds is 1. The first-order valence-corrected chi connectivity index (χ1v) is 9.22. The highest BCUT2D eigenvalue weighted by Crippen LogP contribution is 2.66. The Balaban J connectivity index is 1.74. The van der Waals surface area contributed by atoms with Crippen LogP contribution in [0.2, 0.25) is 0 Å². The number of allylic oxidation sites excluding steroid dienone is 6. The van der Waals surface area contributed by atoms with Gasteiger partial charge in [0.05, 0.1) is 5.60 Å². The van der Waals surface area contributed by atoms with Gasteiger partial charge in [-0.1, -0.05) is 51.2 Å². The molecule has 0 saturated heterocycles. The molecule has 0 aromatic carbocycles. The second-order valence-electron chi connectivity index (χ2n) is 8.70. The van der Waals surface area contributed by atoms with Gasteiger partial charge in [0.25, 0.3) is 0 Å². The minimum atomic E-state index is -0.431. The third-order valence-electron chi connectivity index (χ3n) is 8.17. The molecule has 0 aliphatic heterocycles. The highest BCUT2D eigenvalue weighted by atomic mass is 16.3. The molecule has 4 rings (SSSR count). The van der Waals surface area contributed by atoms with Crippen molar-refractivity contribution in [1.82, 2.24) is 0 Å². The van der Waals surface area contributed by atoms with Crippen molar-refractivity contribution in [2.24, 2.45) is 28.6 Å². The molecule has 2 saturated carbocycles. The summed E-state index contributed by atoms with van der Waals surface area (Å²) < 4.78 is 0. The van der Waals surface area contributed by atoms with E-state index in [9.17, 15) is 5.11 Å². The third kappa shape index (κ3) is 1.64. The van der Waals surface area contributed by atoms with Gasteiger partial charge in [-0.15, -0.1) is 0 Å². The molecule has 1 heteroatoms. The molecule has 4 aliphatic rings. The molecule has 0 heterocycles. The Morgan fingerprint density at radius 3 is 2.73 bits per heavy atom. The highest BCUT2D eigenvalue weighted by molar-refractivity contribution is 5.39. The average Bonchev–Trinajstić information content (AvgIpc) is 2.79. The second kappa shape index (κ2) is 4.60. The van der Waals surface area contributed by atoms with E-state index in [0.29, 0.717) is 17.3 Å². The smallest absolute Gasteiger partial charge is 0.0701 e. The molecule has 0 aromatic rings. The lowest BCUT2D eigenvalue weighted by Crippen LogP contribution is -2.53. The van der Waals surface area contributed by atoms with Crippen LogP contribution in [0.1, 0.15) is 59.3 Å². The first kappa shape index (κ1) is 14.8. The number of fused-ring (bicyclic) bond motifs is 5. The van der Waals surface area contributed by atoms with E-state index in [4.69, 9.17) is 0 Å². The van der Waals surface area contributed by atoms with Gasteiger partial charge in [0.15, 0.2) is 0 Å². The molecule has 6 atom stereocenters. The van der Waals surface area contributed by atoms with Gasteiger partial charge >= 0.3 is 0 Å². The van der Waals surface area contributed by atoms with Gasteiger partial charge in [0.2, 0.25) is 0 Å². The zero-order valence-corrected chi connectivity index (χ0v) is 14.3. The Morgan fingerprint density at radius 1 is 1.18 bits per heavy atom. The topological polar surface area (TPSA) is 20.2 Å². The molecule has 4 aliphatic carbocycles. The van der Waals surface area contributed by atoms with E-state index >= 15 is 0 Å². The van der Waals surface area contributed by atoms with E-state index in [0.717, 1.165) is 18.8 Å². The third-order valence-corrected chi connectivity index (χ3v) is 8.17. The van der Waals surface area contributed by atoms with Crippen LogP contribution in [-0.4, -0.2) is 10.7 Å². The standard InChI is InChI=1S/C21H30O/c1-4-21(22)14-11-18-16-9-8-15-7-5-6-12-19(15,2)17(16)10-13-20(18,21)3/h5-9,16-18,22H,4,10-14H2,1-3H3/t16-,17+,18+,19+,20+,21-/m1/s1. The van der Waals surface area contributed by atoms with Crippen molar-refractivity contribution in [1.29, 1.82) is 0 Å². The highest BCUT2D eigenvalue weighted by Gasteiger charge is 2.62. The molecule has 0 unspecified atom stereocenters. The SMILES string of the molecule is CC[C@@]1(O)CC[C@H]2[C@@H]3C=CC4=CC=CC[C@]4(C)[C@H]3CC[C@@]21C. The van der Waals surface area contributed by atoms with E-state index in [-0.39, 0.29) is 5.41 Å². The number of hydrogen-bond acceptors (Lipinski definition) is 1. The summed E-state index contributed by atoms with van der Waals surface area (Å²) in [7, 11) is 0. The Bertz CT molecular complexity index is 570. The molecule has 1 nitrogen and oxygen atoms in total. The van der Waals surface area contributed by atoms with Crippen LogP contribution in [0, 0.1) is 28.6 Å². The molecule has 0 amide bonds. The molecule has 0 spiro atoms. The van der Waals surface area contributed by atoms with Gasteiger partial charge < -0.3 is 5.11 Å². The summed E-state index contributed by atoms with van der Waals surface area (Å²) in [5, 5.41) is 11.2. The molecule has 0 radical (unpaired) electrons. The lowest BCUT2D eigenvalue weighted by atomic mass is 9.48. The average molecular weight is 298 g/mol. The summed E-state index contributed by atoms with van der Waals surface area (Å²) in [6.45, 7) is 7.03. The van der Waals surface area contributed by atoms with Crippen molar-refractivity contribution in [3.63, 3.8) is 0 Å². The quantitative estimate of drug-likeness (QED) is 0.719. The lowest BCUT2D eigenvalue weighted by Gasteiger charge is -2.57. The maximum absolute atomic E-state index is 11.2. The molecular formula is C21H30O. The van der Waals surface area contributed by atoms with Crippen LogP contribution < -0.4 is 0 Å². The minimum Gasteiger partial charge on any atom is -0.389 e. The first-order valence-electron chi connectivity index (χ1n) is 9.22. The van der Waals surface area contributed by atoms with E-state index in [2.05, 4.69) is 51.2 Å². The van der Waals surface area contributed by atoms with Crippen molar-refractivity contribution in [3.8, 4) is 0 Å². The Hall–Kier alpha value is -0.820. The molecule has 120 valence electrons. The molecule has 1 N–H and O–H groups in total. The van der Waals surface area contributed by atoms with Crippen molar-refractivity contribution in [2.45, 2.75) is 64.9 Å². The van der Waals surface area contributed by atoms with Gasteiger partial charge in [-0.3, -0.25) is 0 Å². The molecule has 0 aromatic heterocycles. The van der Waals surface area contributed by atoms with Gasteiger partial charge in [0.1, 0.15) is 0 Å². The monoisotopic (exact) mass is 298 g/mol. The van der Waals surface area contributed by atoms with Crippen LogP contribution in [0.4, 0.5) is 0 Å². The fourth-order valence-electron chi connectivity index (χ4n) is 6.52. The van der Waals surface area contributed by atoms with Crippen molar-refractivity contribution in [2.75, 3.05) is 0 Å².